The molecule has 3 N–H and O–H groups in total. The number of aryl methyl sites for hydroxylation is 1. The second kappa shape index (κ2) is 5.74. The van der Waals surface area contributed by atoms with Crippen molar-refractivity contribution in [1.82, 2.24) is 15.3 Å². The van der Waals surface area contributed by atoms with E-state index in [9.17, 15) is 9.90 Å². The highest BCUT2D eigenvalue weighted by Gasteiger charge is 2.42. The number of aliphatic hydroxyl groups is 1. The van der Waals surface area contributed by atoms with E-state index in [4.69, 9.17) is 11.6 Å². The Morgan fingerprint density at radius 1 is 1.50 bits per heavy atom. The fourth-order valence-corrected chi connectivity index (χ4v) is 2.56. The largest absolute Gasteiger partial charge is 0.396 e. The number of benzene rings is 1. The zero-order chi connectivity index (χ0) is 15.7. The van der Waals surface area contributed by atoms with Crippen LogP contribution in [0.25, 0.3) is 11.4 Å². The molecule has 1 amide bonds. The third kappa shape index (κ3) is 3.00. The lowest BCUT2D eigenvalue weighted by atomic mass is 10.1. The second-order valence-corrected chi connectivity index (χ2v) is 6.35. The highest BCUT2D eigenvalue weighted by atomic mass is 35.5. The van der Waals surface area contributed by atoms with Crippen LogP contribution in [0, 0.1) is 12.3 Å². The number of carbonyl (C=O) groups excluding carboxylic acids is 1. The maximum atomic E-state index is 12.3. The number of hydrogen-bond acceptors (Lipinski definition) is 3. The zero-order valence-corrected chi connectivity index (χ0v) is 13.1. The molecule has 0 radical (unpaired) electrons. The number of aliphatic hydroxyl groups excluding tert-OH is 1. The van der Waals surface area contributed by atoms with E-state index in [1.165, 1.54) is 0 Å². The lowest BCUT2D eigenvalue weighted by Gasteiger charge is -2.11. The molecule has 0 saturated heterocycles. The number of nitrogens with one attached hydrogen (secondary N) is 2. The molecule has 1 aromatic carbocycles. The van der Waals surface area contributed by atoms with E-state index in [-0.39, 0.29) is 17.9 Å². The Morgan fingerprint density at radius 3 is 2.91 bits per heavy atom. The van der Waals surface area contributed by atoms with Crippen molar-refractivity contribution in [3.63, 3.8) is 0 Å². The minimum Gasteiger partial charge on any atom is -0.396 e. The molecule has 1 saturated carbocycles. The number of aromatic nitrogens is 2. The molecule has 22 heavy (non-hydrogen) atoms. The number of amides is 1. The third-order valence-corrected chi connectivity index (χ3v) is 4.35. The summed E-state index contributed by atoms with van der Waals surface area (Å²) in [5.74, 6) is 0.398. The van der Waals surface area contributed by atoms with Gasteiger partial charge < -0.3 is 15.4 Å². The average molecular weight is 320 g/mol. The van der Waals surface area contributed by atoms with Gasteiger partial charge in [0, 0.05) is 28.2 Å². The Kier molecular flexibility index (Phi) is 3.93. The summed E-state index contributed by atoms with van der Waals surface area (Å²) in [5.41, 5.74) is 1.81. The van der Waals surface area contributed by atoms with Crippen LogP contribution in [0.3, 0.4) is 0 Å². The normalized spacial score (nSPS) is 15.6. The summed E-state index contributed by atoms with van der Waals surface area (Å²) >= 11 is 5.98. The topological polar surface area (TPSA) is 78.0 Å². The second-order valence-electron chi connectivity index (χ2n) is 5.91. The average Bonchev–Trinajstić information content (AvgIpc) is 3.19. The SMILES string of the molecule is Cc1[nH]c(-c2cccc(Cl)c2)nc1C(=O)NCC1(CO)CC1. The molecule has 1 aliphatic carbocycles. The van der Waals surface area contributed by atoms with Crippen molar-refractivity contribution in [3.05, 3.63) is 40.7 Å². The van der Waals surface area contributed by atoms with Crippen LogP contribution < -0.4 is 5.32 Å². The summed E-state index contributed by atoms with van der Waals surface area (Å²) in [6.07, 6.45) is 1.91. The number of aromatic amines is 1. The number of imidazole rings is 1. The number of hydrogen-bond donors (Lipinski definition) is 3. The van der Waals surface area contributed by atoms with Crippen LogP contribution in [-0.2, 0) is 0 Å². The van der Waals surface area contributed by atoms with Crippen molar-refractivity contribution in [1.29, 1.82) is 0 Å². The molecule has 1 heterocycles. The lowest BCUT2D eigenvalue weighted by molar-refractivity contribution is 0.0930. The molecule has 0 atom stereocenters. The molecule has 0 aliphatic heterocycles. The van der Waals surface area contributed by atoms with Crippen LogP contribution in [0.15, 0.2) is 24.3 Å². The Balaban J connectivity index is 1.76. The Morgan fingerprint density at radius 2 is 2.27 bits per heavy atom. The van der Waals surface area contributed by atoms with Gasteiger partial charge in [0.05, 0.1) is 6.61 Å². The first kappa shape index (κ1) is 15.1. The molecule has 5 nitrogen and oxygen atoms in total. The predicted octanol–water partition coefficient (Wildman–Crippen LogP) is 2.54. The van der Waals surface area contributed by atoms with Gasteiger partial charge in [-0.3, -0.25) is 4.79 Å². The first-order chi connectivity index (χ1) is 10.5. The highest BCUT2D eigenvalue weighted by molar-refractivity contribution is 6.30. The van der Waals surface area contributed by atoms with Crippen LogP contribution in [0.4, 0.5) is 0 Å². The van der Waals surface area contributed by atoms with Crippen LogP contribution >= 0.6 is 11.6 Å². The lowest BCUT2D eigenvalue weighted by Crippen LogP contribution is -2.32. The van der Waals surface area contributed by atoms with E-state index in [1.807, 2.05) is 19.1 Å². The number of H-pyrrole nitrogens is 1. The summed E-state index contributed by atoms with van der Waals surface area (Å²) in [4.78, 5) is 19.8. The molecule has 1 aromatic heterocycles. The molecule has 1 fully saturated rings. The predicted molar refractivity (Wildman–Crippen MR) is 84.9 cm³/mol. The van der Waals surface area contributed by atoms with Crippen molar-refractivity contribution in [2.24, 2.45) is 5.41 Å². The van der Waals surface area contributed by atoms with Crippen molar-refractivity contribution in [3.8, 4) is 11.4 Å². The van der Waals surface area contributed by atoms with Crippen molar-refractivity contribution in [2.75, 3.05) is 13.2 Å². The van der Waals surface area contributed by atoms with Gasteiger partial charge in [0.25, 0.3) is 5.91 Å². The van der Waals surface area contributed by atoms with Crippen LogP contribution in [0.2, 0.25) is 5.02 Å². The summed E-state index contributed by atoms with van der Waals surface area (Å²) in [7, 11) is 0. The van der Waals surface area contributed by atoms with Gasteiger partial charge in [-0.1, -0.05) is 23.7 Å². The molecule has 1 aliphatic rings. The van der Waals surface area contributed by atoms with E-state index in [0.717, 1.165) is 18.4 Å². The Bertz CT molecular complexity index is 707. The molecule has 116 valence electrons. The molecular formula is C16H18ClN3O2. The fraction of sp³-hybridized carbons (Fsp3) is 0.375. The van der Waals surface area contributed by atoms with Crippen LogP contribution in [0.5, 0.6) is 0 Å². The summed E-state index contributed by atoms with van der Waals surface area (Å²) in [5, 5.41) is 12.8. The molecule has 0 unspecified atom stereocenters. The first-order valence-electron chi connectivity index (χ1n) is 7.25. The molecule has 6 heteroatoms. The maximum Gasteiger partial charge on any atom is 0.271 e. The molecular weight excluding hydrogens is 302 g/mol. The summed E-state index contributed by atoms with van der Waals surface area (Å²) in [6, 6.07) is 7.31. The van der Waals surface area contributed by atoms with Gasteiger partial charge in [0.2, 0.25) is 0 Å². The number of carbonyl (C=O) groups is 1. The number of rotatable bonds is 5. The van der Waals surface area contributed by atoms with E-state index in [0.29, 0.717) is 28.8 Å². The fourth-order valence-electron chi connectivity index (χ4n) is 2.37. The minimum absolute atomic E-state index is 0.112. The first-order valence-corrected chi connectivity index (χ1v) is 7.62. The molecule has 0 spiro atoms. The Labute approximate surface area is 133 Å². The highest BCUT2D eigenvalue weighted by Crippen LogP contribution is 2.44. The van der Waals surface area contributed by atoms with Gasteiger partial charge in [-0.15, -0.1) is 0 Å². The van der Waals surface area contributed by atoms with Crippen LogP contribution in [0.1, 0.15) is 29.0 Å². The van der Waals surface area contributed by atoms with Gasteiger partial charge >= 0.3 is 0 Å². The molecule has 3 rings (SSSR count). The Hall–Kier alpha value is -1.85. The van der Waals surface area contributed by atoms with E-state index in [1.54, 1.807) is 12.1 Å². The quantitative estimate of drug-likeness (QED) is 0.792. The summed E-state index contributed by atoms with van der Waals surface area (Å²) in [6.45, 7) is 2.41. The summed E-state index contributed by atoms with van der Waals surface area (Å²) < 4.78 is 0. The van der Waals surface area contributed by atoms with E-state index >= 15 is 0 Å². The van der Waals surface area contributed by atoms with E-state index < -0.39 is 0 Å². The molecule has 0 bridgehead atoms. The molecule has 2 aromatic rings. The number of halogens is 1. The van der Waals surface area contributed by atoms with Crippen molar-refractivity contribution < 1.29 is 9.90 Å². The van der Waals surface area contributed by atoms with E-state index in [2.05, 4.69) is 15.3 Å². The minimum atomic E-state index is -0.221. The van der Waals surface area contributed by atoms with Gasteiger partial charge in [-0.2, -0.15) is 0 Å². The number of nitrogens with zero attached hydrogens (tertiary/aromatic N) is 1. The monoisotopic (exact) mass is 319 g/mol. The smallest absolute Gasteiger partial charge is 0.271 e. The maximum absolute atomic E-state index is 12.3. The third-order valence-electron chi connectivity index (χ3n) is 4.11. The zero-order valence-electron chi connectivity index (χ0n) is 12.3. The van der Waals surface area contributed by atoms with Crippen molar-refractivity contribution in [2.45, 2.75) is 19.8 Å². The van der Waals surface area contributed by atoms with Gasteiger partial charge in [0.15, 0.2) is 0 Å². The van der Waals surface area contributed by atoms with Gasteiger partial charge in [-0.25, -0.2) is 4.98 Å². The van der Waals surface area contributed by atoms with Crippen molar-refractivity contribution >= 4 is 17.5 Å². The van der Waals surface area contributed by atoms with Gasteiger partial charge in [0.1, 0.15) is 11.5 Å². The standard InChI is InChI=1S/C16H18ClN3O2/c1-10-13(15(22)18-8-16(9-21)5-6-16)20-14(19-10)11-3-2-4-12(17)7-11/h2-4,7,21H,5-6,8-9H2,1H3,(H,18,22)(H,19,20). The van der Waals surface area contributed by atoms with Crippen LogP contribution in [-0.4, -0.2) is 34.1 Å². The van der Waals surface area contributed by atoms with Gasteiger partial charge in [-0.05, 0) is 31.9 Å².